The summed E-state index contributed by atoms with van der Waals surface area (Å²) < 4.78 is 28.7. The normalized spacial score (nSPS) is 20.6. The zero-order chi connectivity index (χ0) is 17.9. The van der Waals surface area contributed by atoms with Gasteiger partial charge < -0.3 is 0 Å². The summed E-state index contributed by atoms with van der Waals surface area (Å²) in [5.41, 5.74) is 4.90. The number of rotatable bonds is 5. The van der Waals surface area contributed by atoms with Gasteiger partial charge in [-0.05, 0) is 48.9 Å². The van der Waals surface area contributed by atoms with Gasteiger partial charge in [0.05, 0.1) is 0 Å². The molecule has 0 aliphatic carbocycles. The fraction of sp³-hybridized carbons (Fsp3) is 0.455. The summed E-state index contributed by atoms with van der Waals surface area (Å²) in [7, 11) is 0. The van der Waals surface area contributed by atoms with E-state index in [-0.39, 0.29) is 6.42 Å². The van der Waals surface area contributed by atoms with E-state index in [2.05, 4.69) is 36.9 Å². The van der Waals surface area contributed by atoms with Crippen LogP contribution < -0.4 is 0 Å². The first-order valence-corrected chi connectivity index (χ1v) is 9.14. The third-order valence-corrected chi connectivity index (χ3v) is 5.44. The van der Waals surface area contributed by atoms with Crippen LogP contribution in [-0.2, 0) is 13.0 Å². The molecule has 1 aliphatic rings. The van der Waals surface area contributed by atoms with E-state index in [0.717, 1.165) is 18.5 Å². The van der Waals surface area contributed by atoms with Crippen molar-refractivity contribution in [3.63, 3.8) is 0 Å². The second-order valence-electron chi connectivity index (χ2n) is 7.39. The summed E-state index contributed by atoms with van der Waals surface area (Å²) in [6.07, 6.45) is 1.23. The summed E-state index contributed by atoms with van der Waals surface area (Å²) in [4.78, 5) is 2.19. The monoisotopic (exact) mass is 343 g/mol. The molecule has 0 saturated carbocycles. The zero-order valence-corrected chi connectivity index (χ0v) is 15.1. The first kappa shape index (κ1) is 18.1. The van der Waals surface area contributed by atoms with Crippen LogP contribution in [0.5, 0.6) is 0 Å². The highest BCUT2D eigenvalue weighted by molar-refractivity contribution is 5.29. The predicted octanol–water partition coefficient (Wildman–Crippen LogP) is 5.39. The van der Waals surface area contributed by atoms with Crippen LogP contribution in [0, 0.1) is 19.8 Å². The largest absolute Gasteiger partial charge is 0.298 e. The fourth-order valence-corrected chi connectivity index (χ4v) is 3.64. The zero-order valence-electron chi connectivity index (χ0n) is 15.1. The molecule has 0 N–H and O–H groups in total. The Labute approximate surface area is 149 Å². The van der Waals surface area contributed by atoms with Crippen LogP contribution in [0.3, 0.4) is 0 Å². The van der Waals surface area contributed by atoms with E-state index in [1.807, 2.05) is 30.3 Å². The summed E-state index contributed by atoms with van der Waals surface area (Å²) in [5.74, 6) is -3.11. The summed E-state index contributed by atoms with van der Waals surface area (Å²) in [5, 5.41) is 0. The smallest absolute Gasteiger partial charge is 0.253 e. The molecule has 0 spiro atoms. The average Bonchev–Trinajstić information content (AvgIpc) is 2.59. The lowest BCUT2D eigenvalue weighted by molar-refractivity contribution is -0.109. The van der Waals surface area contributed by atoms with Crippen molar-refractivity contribution in [2.24, 2.45) is 5.92 Å². The quantitative estimate of drug-likeness (QED) is 0.703. The predicted molar refractivity (Wildman–Crippen MR) is 99.0 cm³/mol. The molecule has 1 saturated heterocycles. The minimum Gasteiger partial charge on any atom is -0.298 e. The lowest BCUT2D eigenvalue weighted by Crippen LogP contribution is -2.46. The molecule has 2 aromatic carbocycles. The van der Waals surface area contributed by atoms with E-state index in [0.29, 0.717) is 19.5 Å². The third-order valence-electron chi connectivity index (χ3n) is 5.44. The molecule has 3 rings (SSSR count). The van der Waals surface area contributed by atoms with E-state index in [1.165, 1.54) is 16.7 Å². The van der Waals surface area contributed by atoms with Crippen LogP contribution in [0.2, 0.25) is 0 Å². The third kappa shape index (κ3) is 4.66. The SMILES string of the molecule is Cc1ccc(CN2CCC(F)(F)[C@H](CCc3ccccc3)C2)cc1C. The number of hydrogen-bond acceptors (Lipinski definition) is 1. The number of aryl methyl sites for hydroxylation is 3. The molecule has 0 radical (unpaired) electrons. The Balaban J connectivity index is 1.62. The number of piperidine rings is 1. The minimum atomic E-state index is -2.55. The van der Waals surface area contributed by atoms with Crippen molar-refractivity contribution in [1.82, 2.24) is 4.90 Å². The Kier molecular flexibility index (Phi) is 5.53. The number of nitrogens with zero attached hydrogens (tertiary/aromatic N) is 1. The number of halogens is 2. The van der Waals surface area contributed by atoms with E-state index < -0.39 is 11.8 Å². The minimum absolute atomic E-state index is 0.0305. The van der Waals surface area contributed by atoms with Crippen LogP contribution in [0.1, 0.15) is 35.1 Å². The van der Waals surface area contributed by atoms with E-state index in [4.69, 9.17) is 0 Å². The van der Waals surface area contributed by atoms with Crippen LogP contribution >= 0.6 is 0 Å². The molecule has 1 heterocycles. The fourth-order valence-electron chi connectivity index (χ4n) is 3.64. The first-order valence-electron chi connectivity index (χ1n) is 9.14. The average molecular weight is 343 g/mol. The second kappa shape index (κ2) is 7.65. The molecule has 1 nitrogen and oxygen atoms in total. The Morgan fingerprint density at radius 3 is 2.48 bits per heavy atom. The molecule has 3 heteroatoms. The maximum absolute atomic E-state index is 14.4. The van der Waals surface area contributed by atoms with Gasteiger partial charge in [-0.3, -0.25) is 4.90 Å². The lowest BCUT2D eigenvalue weighted by atomic mass is 9.88. The number of alkyl halides is 2. The molecule has 2 aromatic rings. The van der Waals surface area contributed by atoms with Crippen molar-refractivity contribution < 1.29 is 8.78 Å². The molecule has 25 heavy (non-hydrogen) atoms. The van der Waals surface area contributed by atoms with E-state index in [1.54, 1.807) is 0 Å². The van der Waals surface area contributed by atoms with Gasteiger partial charge in [-0.25, -0.2) is 8.78 Å². The van der Waals surface area contributed by atoms with Crippen LogP contribution in [0.25, 0.3) is 0 Å². The second-order valence-corrected chi connectivity index (χ2v) is 7.39. The molecule has 134 valence electrons. The van der Waals surface area contributed by atoms with Crippen molar-refractivity contribution in [3.8, 4) is 0 Å². The van der Waals surface area contributed by atoms with Gasteiger partial charge >= 0.3 is 0 Å². The highest BCUT2D eigenvalue weighted by atomic mass is 19.3. The Bertz CT molecular complexity index is 696. The van der Waals surface area contributed by atoms with Crippen molar-refractivity contribution >= 4 is 0 Å². The summed E-state index contributed by atoms with van der Waals surface area (Å²) in [6, 6.07) is 16.4. The summed E-state index contributed by atoms with van der Waals surface area (Å²) >= 11 is 0. The van der Waals surface area contributed by atoms with Crippen molar-refractivity contribution in [2.75, 3.05) is 13.1 Å². The molecule has 0 amide bonds. The van der Waals surface area contributed by atoms with Gasteiger partial charge in [0.1, 0.15) is 0 Å². The standard InChI is InChI=1S/C22H27F2N/c1-17-8-9-20(14-18(17)2)15-25-13-12-22(23,24)21(16-25)11-10-19-6-4-3-5-7-19/h3-9,14,21H,10-13,15-16H2,1-2H3/t21-/m1/s1. The topological polar surface area (TPSA) is 3.24 Å². The van der Waals surface area contributed by atoms with Gasteiger partial charge in [-0.1, -0.05) is 48.5 Å². The van der Waals surface area contributed by atoms with E-state index >= 15 is 0 Å². The Morgan fingerprint density at radius 1 is 1.00 bits per heavy atom. The van der Waals surface area contributed by atoms with Crippen LogP contribution in [0.4, 0.5) is 8.78 Å². The van der Waals surface area contributed by atoms with Crippen molar-refractivity contribution in [2.45, 2.75) is 45.6 Å². The van der Waals surface area contributed by atoms with Gasteiger partial charge in [0.15, 0.2) is 0 Å². The maximum Gasteiger partial charge on any atom is 0.253 e. The van der Waals surface area contributed by atoms with Crippen molar-refractivity contribution in [1.29, 1.82) is 0 Å². The maximum atomic E-state index is 14.4. The summed E-state index contributed by atoms with van der Waals surface area (Å²) in [6.45, 7) is 5.92. The number of hydrogen-bond donors (Lipinski definition) is 0. The molecule has 0 aromatic heterocycles. The van der Waals surface area contributed by atoms with Gasteiger partial charge in [0.2, 0.25) is 0 Å². The Hall–Kier alpha value is -1.74. The number of benzene rings is 2. The van der Waals surface area contributed by atoms with Crippen molar-refractivity contribution in [3.05, 3.63) is 70.8 Å². The molecule has 0 unspecified atom stereocenters. The highest BCUT2D eigenvalue weighted by Crippen LogP contribution is 2.36. The molecular weight excluding hydrogens is 316 g/mol. The Morgan fingerprint density at radius 2 is 1.76 bits per heavy atom. The first-order chi connectivity index (χ1) is 11.9. The highest BCUT2D eigenvalue weighted by Gasteiger charge is 2.43. The molecule has 1 fully saturated rings. The van der Waals surface area contributed by atoms with Crippen LogP contribution in [-0.4, -0.2) is 23.9 Å². The lowest BCUT2D eigenvalue weighted by Gasteiger charge is -2.38. The molecule has 1 atom stereocenters. The van der Waals surface area contributed by atoms with Crippen LogP contribution in [0.15, 0.2) is 48.5 Å². The van der Waals surface area contributed by atoms with Gasteiger partial charge in [0, 0.05) is 32.0 Å². The van der Waals surface area contributed by atoms with Gasteiger partial charge in [-0.2, -0.15) is 0 Å². The van der Waals surface area contributed by atoms with Gasteiger partial charge in [0.25, 0.3) is 5.92 Å². The molecule has 1 aliphatic heterocycles. The molecular formula is C22H27F2N. The number of likely N-dealkylation sites (tertiary alicyclic amines) is 1. The molecule has 0 bridgehead atoms. The van der Waals surface area contributed by atoms with E-state index in [9.17, 15) is 8.78 Å². The van der Waals surface area contributed by atoms with Gasteiger partial charge in [-0.15, -0.1) is 0 Å².